The number of nitrogen functional groups attached to an aromatic ring is 1. The number of pyridine rings is 1. The predicted octanol–water partition coefficient (Wildman–Crippen LogP) is 1.75. The van der Waals surface area contributed by atoms with Crippen molar-refractivity contribution in [1.29, 1.82) is 0 Å². The second kappa shape index (κ2) is 8.43. The van der Waals surface area contributed by atoms with Crippen LogP contribution in [0.1, 0.15) is 20.3 Å². The van der Waals surface area contributed by atoms with Gasteiger partial charge in [-0.25, -0.2) is 13.6 Å². The lowest BCUT2D eigenvalue weighted by Crippen LogP contribution is -2.07. The van der Waals surface area contributed by atoms with E-state index in [0.717, 1.165) is 29.6 Å². The number of benzene rings is 1. The van der Waals surface area contributed by atoms with Gasteiger partial charge in [-0.1, -0.05) is 32.0 Å². The third-order valence-corrected chi connectivity index (χ3v) is 2.83. The fourth-order valence-electron chi connectivity index (χ4n) is 1.84. The molecule has 0 saturated heterocycles. The van der Waals surface area contributed by atoms with Gasteiger partial charge in [0, 0.05) is 11.9 Å². The molecule has 116 valence electrons. The number of hydrogen-bond donors (Lipinski definition) is 4. The van der Waals surface area contributed by atoms with Crippen molar-refractivity contribution in [1.82, 2.24) is 4.98 Å². The zero-order chi connectivity index (χ0) is 15.8. The van der Waals surface area contributed by atoms with E-state index in [9.17, 15) is 0 Å². The molecule has 0 aliphatic rings. The molecule has 5 N–H and O–H groups in total. The molecule has 0 fully saturated rings. The van der Waals surface area contributed by atoms with Gasteiger partial charge in [0.1, 0.15) is 0 Å². The Morgan fingerprint density at radius 3 is 2.52 bits per heavy atom. The first kappa shape index (κ1) is 17.2. The van der Waals surface area contributed by atoms with Gasteiger partial charge in [-0.05, 0) is 18.4 Å². The summed E-state index contributed by atoms with van der Waals surface area (Å²) in [6.07, 6.45) is 2.86. The zero-order valence-electron chi connectivity index (χ0n) is 12.2. The van der Waals surface area contributed by atoms with Crippen LogP contribution in [-0.2, 0) is 10.9 Å². The average molecular weight is 310 g/mol. The minimum Gasteiger partial charge on any atom is -0.396 e. The fraction of sp³-hybridized carbons (Fsp3) is 0.357. The van der Waals surface area contributed by atoms with Crippen molar-refractivity contribution in [2.45, 2.75) is 20.3 Å². The molecule has 0 aliphatic heterocycles. The van der Waals surface area contributed by atoms with Crippen LogP contribution in [0.15, 0.2) is 30.5 Å². The predicted molar refractivity (Wildman–Crippen MR) is 88.6 cm³/mol. The molecule has 0 radical (unpaired) electrons. The molecule has 0 amide bonds. The van der Waals surface area contributed by atoms with Crippen LogP contribution in [0.2, 0.25) is 0 Å². The van der Waals surface area contributed by atoms with Gasteiger partial charge in [-0.15, -0.1) is 0 Å². The second-order valence-corrected chi connectivity index (χ2v) is 5.57. The minimum atomic E-state index is -2.62. The van der Waals surface area contributed by atoms with Gasteiger partial charge in [-0.3, -0.25) is 4.98 Å². The summed E-state index contributed by atoms with van der Waals surface area (Å²) >= 11 is 0. The SMILES string of the molecule is CC(C)CCNc1c(N)cnc2ccccc12.N[SH](=O)=O. The van der Waals surface area contributed by atoms with Gasteiger partial charge < -0.3 is 11.1 Å². The Bertz CT molecular complexity index is 648. The summed E-state index contributed by atoms with van der Waals surface area (Å²) < 4.78 is 17.6. The van der Waals surface area contributed by atoms with Gasteiger partial charge >= 0.3 is 0 Å². The Morgan fingerprint density at radius 1 is 1.29 bits per heavy atom. The summed E-state index contributed by atoms with van der Waals surface area (Å²) in [5.41, 5.74) is 8.68. The molecule has 7 heteroatoms. The molecular weight excluding hydrogens is 288 g/mol. The highest BCUT2D eigenvalue weighted by molar-refractivity contribution is 7.69. The molecule has 0 bridgehead atoms. The third kappa shape index (κ3) is 5.97. The summed E-state index contributed by atoms with van der Waals surface area (Å²) in [6.45, 7) is 5.38. The normalized spacial score (nSPS) is 10.5. The van der Waals surface area contributed by atoms with Crippen LogP contribution in [0.5, 0.6) is 0 Å². The highest BCUT2D eigenvalue weighted by Crippen LogP contribution is 2.27. The summed E-state index contributed by atoms with van der Waals surface area (Å²) in [4.78, 5) is 4.32. The van der Waals surface area contributed by atoms with Gasteiger partial charge in [0.05, 0.1) is 23.1 Å². The topological polar surface area (TPSA) is 111 Å². The van der Waals surface area contributed by atoms with Gasteiger partial charge in [0.15, 0.2) is 10.9 Å². The molecule has 6 nitrogen and oxygen atoms in total. The molecule has 21 heavy (non-hydrogen) atoms. The lowest BCUT2D eigenvalue weighted by molar-refractivity contribution is 0.607. The largest absolute Gasteiger partial charge is 0.396 e. The Balaban J connectivity index is 0.000000491. The van der Waals surface area contributed by atoms with Crippen molar-refractivity contribution in [3.05, 3.63) is 30.5 Å². The first-order valence-corrected chi connectivity index (χ1v) is 7.92. The molecule has 2 aromatic rings. The van der Waals surface area contributed by atoms with E-state index < -0.39 is 10.9 Å². The van der Waals surface area contributed by atoms with E-state index in [0.29, 0.717) is 11.6 Å². The number of nitrogens with two attached hydrogens (primary N) is 2. The Labute approximate surface area is 126 Å². The molecule has 1 heterocycles. The number of anilines is 2. The van der Waals surface area contributed by atoms with Crippen LogP contribution < -0.4 is 16.2 Å². The van der Waals surface area contributed by atoms with Crippen LogP contribution in [-0.4, -0.2) is 19.9 Å². The zero-order valence-corrected chi connectivity index (χ0v) is 13.1. The second-order valence-electron chi connectivity index (χ2n) is 5.00. The number of nitrogens with one attached hydrogen (secondary N) is 1. The van der Waals surface area contributed by atoms with Crippen LogP contribution in [0, 0.1) is 5.92 Å². The molecule has 1 aromatic heterocycles. The van der Waals surface area contributed by atoms with E-state index in [1.54, 1.807) is 6.20 Å². The average Bonchev–Trinajstić information content (AvgIpc) is 2.40. The maximum absolute atomic E-state index is 8.81. The van der Waals surface area contributed by atoms with E-state index in [-0.39, 0.29) is 0 Å². The summed E-state index contributed by atoms with van der Waals surface area (Å²) in [6, 6.07) is 8.05. The molecule has 0 saturated carbocycles. The highest BCUT2D eigenvalue weighted by Gasteiger charge is 2.05. The maximum atomic E-state index is 8.81. The van der Waals surface area contributed by atoms with Crippen molar-refractivity contribution in [3.63, 3.8) is 0 Å². The number of rotatable bonds is 4. The smallest absolute Gasteiger partial charge is 0.198 e. The number of thiol groups is 1. The van der Waals surface area contributed by atoms with Crippen molar-refractivity contribution >= 4 is 33.2 Å². The number of aromatic nitrogens is 1. The summed E-state index contributed by atoms with van der Waals surface area (Å²) in [7, 11) is -2.62. The van der Waals surface area contributed by atoms with Gasteiger partial charge in [0.25, 0.3) is 0 Å². The van der Waals surface area contributed by atoms with Crippen molar-refractivity contribution in [3.8, 4) is 0 Å². The van der Waals surface area contributed by atoms with Crippen molar-refractivity contribution in [2.24, 2.45) is 11.1 Å². The molecule has 0 atom stereocenters. The fourth-order valence-corrected chi connectivity index (χ4v) is 1.84. The lowest BCUT2D eigenvalue weighted by atomic mass is 10.1. The molecule has 0 unspecified atom stereocenters. The molecular formula is C14H22N4O2S. The quantitative estimate of drug-likeness (QED) is 0.643. The van der Waals surface area contributed by atoms with E-state index >= 15 is 0 Å². The van der Waals surface area contributed by atoms with Gasteiger partial charge in [-0.2, -0.15) is 0 Å². The molecule has 0 spiro atoms. The number of nitrogens with zero attached hydrogens (tertiary/aromatic N) is 1. The standard InChI is InChI=1S/C14H19N3.H3NO2S/c1-10(2)7-8-16-14-11-5-3-4-6-13(11)17-9-12(14)15;1-4(2)3/h3-6,9-10H,7-8,15H2,1-2H3,(H,16,17);4H,(H2,1,2,3). The Hall–Kier alpha value is -1.86. The van der Waals surface area contributed by atoms with Crippen LogP contribution in [0.4, 0.5) is 11.4 Å². The molecule has 0 aliphatic carbocycles. The van der Waals surface area contributed by atoms with E-state index in [2.05, 4.69) is 35.4 Å². The minimum absolute atomic E-state index is 0.692. The number of para-hydroxylation sites is 1. The molecule has 1 aromatic carbocycles. The number of fused-ring (bicyclic) bond motifs is 1. The van der Waals surface area contributed by atoms with Crippen LogP contribution >= 0.6 is 0 Å². The van der Waals surface area contributed by atoms with Crippen LogP contribution in [0.3, 0.4) is 0 Å². The lowest BCUT2D eigenvalue weighted by Gasteiger charge is -2.13. The highest BCUT2D eigenvalue weighted by atomic mass is 32.2. The van der Waals surface area contributed by atoms with Crippen LogP contribution in [0.25, 0.3) is 10.9 Å². The Kier molecular flexibility index (Phi) is 6.90. The molecule has 2 rings (SSSR count). The first-order valence-electron chi connectivity index (χ1n) is 6.68. The maximum Gasteiger partial charge on any atom is 0.198 e. The van der Waals surface area contributed by atoms with E-state index in [1.807, 2.05) is 18.2 Å². The first-order chi connectivity index (χ1) is 9.91. The Morgan fingerprint density at radius 2 is 1.90 bits per heavy atom. The van der Waals surface area contributed by atoms with E-state index in [1.165, 1.54) is 0 Å². The summed E-state index contributed by atoms with van der Waals surface area (Å²) in [5, 5.41) is 8.58. The van der Waals surface area contributed by atoms with E-state index in [4.69, 9.17) is 14.2 Å². The summed E-state index contributed by atoms with van der Waals surface area (Å²) in [5.74, 6) is 0.692. The number of hydrogen-bond acceptors (Lipinski definition) is 5. The van der Waals surface area contributed by atoms with Crippen molar-refractivity contribution < 1.29 is 8.42 Å². The van der Waals surface area contributed by atoms with Crippen molar-refractivity contribution in [2.75, 3.05) is 17.6 Å². The monoisotopic (exact) mass is 310 g/mol. The third-order valence-electron chi connectivity index (χ3n) is 2.83. The van der Waals surface area contributed by atoms with Gasteiger partial charge in [0.2, 0.25) is 0 Å².